The molecule has 0 atom stereocenters. The largest absolute Gasteiger partial charge is 0.477 e. The van der Waals surface area contributed by atoms with Gasteiger partial charge in [-0.2, -0.15) is 0 Å². The number of amidine groups is 1. The summed E-state index contributed by atoms with van der Waals surface area (Å²) in [5.41, 5.74) is 5.82. The first-order valence-electron chi connectivity index (χ1n) is 6.41. The summed E-state index contributed by atoms with van der Waals surface area (Å²) in [7, 11) is -3.67. The summed E-state index contributed by atoms with van der Waals surface area (Å²) in [6, 6.07) is 15.0. The van der Waals surface area contributed by atoms with Crippen molar-refractivity contribution in [2.45, 2.75) is 4.90 Å². The highest BCUT2D eigenvalue weighted by atomic mass is 35.5. The van der Waals surface area contributed by atoms with Crippen LogP contribution in [0.2, 0.25) is 0 Å². The molecule has 7 heteroatoms. The van der Waals surface area contributed by atoms with Gasteiger partial charge in [-0.1, -0.05) is 30.3 Å². The summed E-state index contributed by atoms with van der Waals surface area (Å²) in [5.74, 6) is 0.166. The zero-order valence-corrected chi connectivity index (χ0v) is 13.2. The molecule has 0 spiro atoms. The Morgan fingerprint density at radius 2 is 1.73 bits per heavy atom. The van der Waals surface area contributed by atoms with Crippen molar-refractivity contribution in [1.29, 1.82) is 0 Å². The average Bonchev–Trinajstić information content (AvgIpc) is 2.54. The van der Waals surface area contributed by atoms with E-state index in [4.69, 9.17) is 22.1 Å². The van der Waals surface area contributed by atoms with Gasteiger partial charge in [0.15, 0.2) is 5.94 Å². The first-order chi connectivity index (χ1) is 10.5. The van der Waals surface area contributed by atoms with Crippen molar-refractivity contribution in [3.05, 3.63) is 54.6 Å². The SMILES string of the molecule is NC(CCl)=Nc1ccccc1S(=O)(=O)COc1ccccc1. The lowest BCUT2D eigenvalue weighted by molar-refractivity contribution is 0.376. The van der Waals surface area contributed by atoms with Crippen LogP contribution in [0.1, 0.15) is 0 Å². The first-order valence-corrected chi connectivity index (χ1v) is 8.60. The highest BCUT2D eigenvalue weighted by Gasteiger charge is 2.19. The molecule has 2 aromatic carbocycles. The van der Waals surface area contributed by atoms with E-state index < -0.39 is 15.8 Å². The Labute approximate surface area is 134 Å². The Morgan fingerprint density at radius 1 is 1.09 bits per heavy atom. The van der Waals surface area contributed by atoms with E-state index in [0.717, 1.165) is 0 Å². The summed E-state index contributed by atoms with van der Waals surface area (Å²) >= 11 is 5.58. The van der Waals surface area contributed by atoms with Crippen LogP contribution in [0.25, 0.3) is 0 Å². The van der Waals surface area contributed by atoms with E-state index in [1.807, 2.05) is 6.07 Å². The lowest BCUT2D eigenvalue weighted by Crippen LogP contribution is -2.15. The second-order valence-corrected chi connectivity index (χ2v) is 6.57. The second kappa shape index (κ2) is 7.29. The molecule has 0 aromatic heterocycles. The Bertz CT molecular complexity index is 761. The molecule has 0 aliphatic rings. The van der Waals surface area contributed by atoms with Crippen molar-refractivity contribution in [3.63, 3.8) is 0 Å². The number of benzene rings is 2. The van der Waals surface area contributed by atoms with E-state index in [0.29, 0.717) is 5.75 Å². The van der Waals surface area contributed by atoms with Gasteiger partial charge >= 0.3 is 0 Å². The van der Waals surface area contributed by atoms with Gasteiger partial charge < -0.3 is 10.5 Å². The Morgan fingerprint density at radius 3 is 2.41 bits per heavy atom. The number of halogens is 1. The quantitative estimate of drug-likeness (QED) is 0.499. The van der Waals surface area contributed by atoms with Gasteiger partial charge in [-0.3, -0.25) is 0 Å². The number of ether oxygens (including phenoxy) is 1. The van der Waals surface area contributed by atoms with Crippen molar-refractivity contribution in [1.82, 2.24) is 0 Å². The maximum Gasteiger partial charge on any atom is 0.215 e. The molecule has 5 nitrogen and oxygen atoms in total. The zero-order chi connectivity index (χ0) is 16.0. The molecule has 0 heterocycles. The first kappa shape index (κ1) is 16.3. The topological polar surface area (TPSA) is 81.8 Å². The molecule has 0 aliphatic heterocycles. The van der Waals surface area contributed by atoms with Gasteiger partial charge in [-0.05, 0) is 24.3 Å². The molecule has 0 saturated heterocycles. The molecule has 0 fully saturated rings. The fraction of sp³-hybridized carbons (Fsp3) is 0.133. The van der Waals surface area contributed by atoms with Gasteiger partial charge in [0.2, 0.25) is 9.84 Å². The molecule has 0 unspecified atom stereocenters. The highest BCUT2D eigenvalue weighted by Crippen LogP contribution is 2.25. The smallest absolute Gasteiger partial charge is 0.215 e. The third-order valence-corrected chi connectivity index (χ3v) is 4.44. The minimum atomic E-state index is -3.67. The van der Waals surface area contributed by atoms with Crippen molar-refractivity contribution in [2.24, 2.45) is 10.7 Å². The van der Waals surface area contributed by atoms with Crippen molar-refractivity contribution in [3.8, 4) is 5.75 Å². The number of hydrogen-bond acceptors (Lipinski definition) is 4. The number of sulfone groups is 1. The Kier molecular flexibility index (Phi) is 5.41. The molecule has 2 aromatic rings. The van der Waals surface area contributed by atoms with Crippen LogP contribution in [0.4, 0.5) is 5.69 Å². The van der Waals surface area contributed by atoms with Gasteiger partial charge in [-0.25, -0.2) is 13.4 Å². The number of nitrogens with zero attached hydrogens (tertiary/aromatic N) is 1. The molecular weight excluding hydrogens is 324 g/mol. The number of aliphatic imine (C=N–C) groups is 1. The van der Waals surface area contributed by atoms with E-state index in [-0.39, 0.29) is 22.3 Å². The van der Waals surface area contributed by atoms with Crippen LogP contribution in [0, 0.1) is 0 Å². The molecule has 0 radical (unpaired) electrons. The molecule has 0 bridgehead atoms. The summed E-state index contributed by atoms with van der Waals surface area (Å²) in [6.45, 7) is 0. The number of nitrogens with two attached hydrogens (primary N) is 1. The van der Waals surface area contributed by atoms with Crippen molar-refractivity contribution in [2.75, 3.05) is 11.8 Å². The molecular formula is C15H15ClN2O3S. The molecule has 2 rings (SSSR count). The second-order valence-electron chi connectivity index (χ2n) is 4.39. The van der Waals surface area contributed by atoms with Crippen LogP contribution < -0.4 is 10.5 Å². The van der Waals surface area contributed by atoms with E-state index in [1.54, 1.807) is 42.5 Å². The monoisotopic (exact) mass is 338 g/mol. The van der Waals surface area contributed by atoms with Gasteiger partial charge in [0, 0.05) is 0 Å². The summed E-state index contributed by atoms with van der Waals surface area (Å²) in [4.78, 5) is 4.08. The fourth-order valence-electron chi connectivity index (χ4n) is 1.72. The molecule has 116 valence electrons. The minimum Gasteiger partial charge on any atom is -0.477 e. The number of para-hydroxylation sites is 2. The summed E-state index contributed by atoms with van der Waals surface area (Å²) in [5, 5.41) is 0. The number of rotatable bonds is 6. The van der Waals surface area contributed by atoms with E-state index in [2.05, 4.69) is 4.99 Å². The van der Waals surface area contributed by atoms with Crippen LogP contribution in [-0.2, 0) is 9.84 Å². The van der Waals surface area contributed by atoms with Gasteiger partial charge in [0.05, 0.1) is 16.5 Å². The molecule has 22 heavy (non-hydrogen) atoms. The standard InChI is InChI=1S/C15H15ClN2O3S/c16-10-15(17)18-13-8-4-5-9-14(13)22(19,20)11-21-12-6-2-1-3-7-12/h1-9H,10-11H2,(H2,17,18). The summed E-state index contributed by atoms with van der Waals surface area (Å²) in [6.07, 6.45) is 0. The Hall–Kier alpha value is -2.05. The van der Waals surface area contributed by atoms with Gasteiger partial charge in [-0.15, -0.1) is 11.6 Å². The molecule has 0 saturated carbocycles. The summed E-state index contributed by atoms with van der Waals surface area (Å²) < 4.78 is 30.2. The molecule has 0 aliphatic carbocycles. The van der Waals surface area contributed by atoms with Crippen LogP contribution in [0.3, 0.4) is 0 Å². The molecule has 0 amide bonds. The lowest BCUT2D eigenvalue weighted by Gasteiger charge is -2.09. The average molecular weight is 339 g/mol. The number of alkyl halides is 1. The maximum absolute atomic E-state index is 12.4. The fourth-order valence-corrected chi connectivity index (χ4v) is 2.92. The zero-order valence-electron chi connectivity index (χ0n) is 11.6. The highest BCUT2D eigenvalue weighted by molar-refractivity contribution is 7.91. The lowest BCUT2D eigenvalue weighted by atomic mass is 10.3. The van der Waals surface area contributed by atoms with Gasteiger partial charge in [0.25, 0.3) is 0 Å². The third kappa shape index (κ3) is 4.22. The maximum atomic E-state index is 12.4. The Balaban J connectivity index is 2.26. The van der Waals surface area contributed by atoms with Crippen LogP contribution in [0.15, 0.2) is 64.5 Å². The predicted octanol–water partition coefficient (Wildman–Crippen LogP) is 2.72. The van der Waals surface area contributed by atoms with E-state index in [1.165, 1.54) is 6.07 Å². The van der Waals surface area contributed by atoms with Crippen LogP contribution in [0.5, 0.6) is 5.75 Å². The van der Waals surface area contributed by atoms with Crippen LogP contribution >= 0.6 is 11.6 Å². The number of hydrogen-bond donors (Lipinski definition) is 1. The van der Waals surface area contributed by atoms with E-state index in [9.17, 15) is 8.42 Å². The van der Waals surface area contributed by atoms with E-state index >= 15 is 0 Å². The van der Waals surface area contributed by atoms with Crippen molar-refractivity contribution >= 4 is 33.0 Å². The molecule has 2 N–H and O–H groups in total. The van der Waals surface area contributed by atoms with Gasteiger partial charge in [0.1, 0.15) is 11.6 Å². The predicted molar refractivity (Wildman–Crippen MR) is 87.6 cm³/mol. The van der Waals surface area contributed by atoms with Crippen molar-refractivity contribution < 1.29 is 13.2 Å². The third-order valence-electron chi connectivity index (χ3n) is 2.73. The normalized spacial score (nSPS) is 12.1. The van der Waals surface area contributed by atoms with Crippen LogP contribution in [-0.4, -0.2) is 26.1 Å². The minimum absolute atomic E-state index is 0.0227.